The number of hydrogen-bond donors (Lipinski definition) is 0. The highest BCUT2D eigenvalue weighted by atomic mass is 32.2. The van der Waals surface area contributed by atoms with Crippen LogP contribution >= 0.6 is 23.5 Å². The van der Waals surface area contributed by atoms with E-state index in [4.69, 9.17) is 0 Å². The van der Waals surface area contributed by atoms with E-state index in [9.17, 15) is 5.26 Å². The first-order valence-electron chi connectivity index (χ1n) is 7.47. The molecule has 3 aromatic rings. The number of hydrogen-bond acceptors (Lipinski definition) is 3. The maximum absolute atomic E-state index is 9.37. The number of nitrogens with zero attached hydrogens (tertiary/aromatic N) is 1. The fraction of sp³-hybridized carbons (Fsp3) is 0. The van der Waals surface area contributed by atoms with Gasteiger partial charge in [-0.1, -0.05) is 70.8 Å². The molecule has 0 aromatic heterocycles. The van der Waals surface area contributed by atoms with Crippen LogP contribution in [0.1, 0.15) is 5.56 Å². The average molecular weight is 327 g/mol. The summed E-state index contributed by atoms with van der Waals surface area (Å²) in [4.78, 5) is 5.05. The van der Waals surface area contributed by atoms with Crippen molar-refractivity contribution in [2.24, 2.45) is 0 Å². The van der Waals surface area contributed by atoms with Gasteiger partial charge in [0.15, 0.2) is 0 Å². The fourth-order valence-corrected chi connectivity index (χ4v) is 5.94. The van der Waals surface area contributed by atoms with Crippen LogP contribution in [-0.2, 0) is 0 Å². The summed E-state index contributed by atoms with van der Waals surface area (Å²) < 4.78 is 0. The molecule has 2 heterocycles. The lowest BCUT2D eigenvalue weighted by Gasteiger charge is -2.32. The van der Waals surface area contributed by atoms with E-state index in [1.54, 1.807) is 23.5 Å². The van der Waals surface area contributed by atoms with Crippen LogP contribution in [0.2, 0.25) is 0 Å². The van der Waals surface area contributed by atoms with Crippen LogP contribution in [0.3, 0.4) is 0 Å². The molecule has 2 aliphatic heterocycles. The van der Waals surface area contributed by atoms with E-state index in [1.807, 2.05) is 12.1 Å². The number of fused-ring (bicyclic) bond motifs is 4. The first kappa shape index (κ1) is 13.4. The molecule has 0 saturated heterocycles. The molecule has 5 rings (SSSR count). The van der Waals surface area contributed by atoms with Crippen molar-refractivity contribution < 1.29 is 0 Å². The summed E-state index contributed by atoms with van der Waals surface area (Å²) in [5.41, 5.74) is 4.88. The summed E-state index contributed by atoms with van der Waals surface area (Å²) >= 11 is 3.58. The van der Waals surface area contributed by atoms with Gasteiger partial charge in [-0.3, -0.25) is 0 Å². The van der Waals surface area contributed by atoms with Gasteiger partial charge < -0.3 is 0 Å². The Kier molecular flexibility index (Phi) is 2.88. The van der Waals surface area contributed by atoms with Gasteiger partial charge in [-0.2, -0.15) is 5.26 Å². The molecule has 0 fully saturated rings. The second-order valence-electron chi connectivity index (χ2n) is 5.71. The molecule has 0 amide bonds. The van der Waals surface area contributed by atoms with Crippen LogP contribution in [0, 0.1) is 11.3 Å². The van der Waals surface area contributed by atoms with Crippen LogP contribution in [0.5, 0.6) is 0 Å². The van der Waals surface area contributed by atoms with Crippen molar-refractivity contribution >= 4 is 46.6 Å². The van der Waals surface area contributed by atoms with Crippen LogP contribution in [-0.4, -0.2) is 6.71 Å². The van der Waals surface area contributed by atoms with E-state index in [2.05, 4.69) is 54.6 Å². The Hall–Kier alpha value is -2.09. The van der Waals surface area contributed by atoms with Gasteiger partial charge in [0.25, 0.3) is 0 Å². The van der Waals surface area contributed by atoms with Gasteiger partial charge in [-0.25, -0.2) is 0 Å². The molecule has 0 atom stereocenters. The second kappa shape index (κ2) is 4.96. The first-order chi connectivity index (χ1) is 11.3. The molecule has 0 spiro atoms. The highest BCUT2D eigenvalue weighted by molar-refractivity contribution is 8.01. The van der Waals surface area contributed by atoms with Crippen LogP contribution < -0.4 is 16.4 Å². The largest absolute Gasteiger partial charge is 0.247 e. The lowest BCUT2D eigenvalue weighted by Crippen LogP contribution is -2.57. The Morgan fingerprint density at radius 1 is 0.739 bits per heavy atom. The Labute approximate surface area is 143 Å². The Morgan fingerprint density at radius 2 is 1.26 bits per heavy atom. The zero-order valence-corrected chi connectivity index (χ0v) is 13.7. The molecule has 1 nitrogen and oxygen atoms in total. The summed E-state index contributed by atoms with van der Waals surface area (Å²) in [5, 5.41) is 9.37. The molecule has 106 valence electrons. The van der Waals surface area contributed by atoms with Gasteiger partial charge in [0.05, 0.1) is 11.6 Å². The second-order valence-corrected chi connectivity index (χ2v) is 7.88. The van der Waals surface area contributed by atoms with E-state index >= 15 is 0 Å². The zero-order valence-electron chi connectivity index (χ0n) is 12.1. The lowest BCUT2D eigenvalue weighted by molar-refractivity contribution is 1.31. The van der Waals surface area contributed by atoms with Crippen molar-refractivity contribution in [1.82, 2.24) is 0 Å². The molecule has 0 N–H and O–H groups in total. The summed E-state index contributed by atoms with van der Waals surface area (Å²) in [6.07, 6.45) is 0. The molecule has 3 aromatic carbocycles. The van der Waals surface area contributed by atoms with E-state index in [0.717, 1.165) is 5.56 Å². The van der Waals surface area contributed by atoms with Crippen LogP contribution in [0.4, 0.5) is 0 Å². The normalized spacial score (nSPS) is 13.6. The monoisotopic (exact) mass is 327 g/mol. The first-order valence-corrected chi connectivity index (χ1v) is 9.10. The van der Waals surface area contributed by atoms with Crippen molar-refractivity contribution in [2.75, 3.05) is 0 Å². The van der Waals surface area contributed by atoms with Gasteiger partial charge in [0, 0.05) is 19.6 Å². The maximum Gasteiger partial charge on any atom is 0.247 e. The summed E-state index contributed by atoms with van der Waals surface area (Å²) in [5.74, 6) is 0. The third kappa shape index (κ3) is 1.91. The third-order valence-electron chi connectivity index (χ3n) is 4.42. The Bertz CT molecular complexity index is 936. The molecule has 0 unspecified atom stereocenters. The smallest absolute Gasteiger partial charge is 0.192 e. The van der Waals surface area contributed by atoms with Gasteiger partial charge in [-0.05, 0) is 29.7 Å². The van der Waals surface area contributed by atoms with Crippen LogP contribution in [0.25, 0.3) is 0 Å². The quantitative estimate of drug-likeness (QED) is 0.409. The van der Waals surface area contributed by atoms with E-state index in [-0.39, 0.29) is 6.71 Å². The van der Waals surface area contributed by atoms with Crippen LogP contribution in [0.15, 0.2) is 80.2 Å². The number of nitriles is 1. The number of rotatable bonds is 0. The molecule has 0 saturated carbocycles. The molecule has 0 bridgehead atoms. The summed E-state index contributed by atoms with van der Waals surface area (Å²) in [7, 11) is 0. The van der Waals surface area contributed by atoms with Crippen molar-refractivity contribution in [3.05, 3.63) is 66.2 Å². The minimum absolute atomic E-state index is 0.280. The van der Waals surface area contributed by atoms with Crippen molar-refractivity contribution in [1.29, 1.82) is 5.26 Å². The average Bonchev–Trinajstić information content (AvgIpc) is 2.61. The van der Waals surface area contributed by atoms with Gasteiger partial charge >= 0.3 is 0 Å². The topological polar surface area (TPSA) is 23.8 Å². The molecule has 23 heavy (non-hydrogen) atoms. The predicted octanol–water partition coefficient (Wildman–Crippen LogP) is 3.00. The Balaban J connectivity index is 1.87. The highest BCUT2D eigenvalue weighted by Crippen LogP contribution is 2.38. The fourth-order valence-electron chi connectivity index (χ4n) is 3.46. The van der Waals surface area contributed by atoms with Crippen molar-refractivity contribution in [2.45, 2.75) is 19.6 Å². The van der Waals surface area contributed by atoms with Gasteiger partial charge in [-0.15, -0.1) is 0 Å². The molecular weight excluding hydrogens is 317 g/mol. The van der Waals surface area contributed by atoms with E-state index < -0.39 is 0 Å². The minimum Gasteiger partial charge on any atom is -0.192 e. The molecule has 4 heteroatoms. The number of benzene rings is 3. The Morgan fingerprint density at radius 3 is 1.78 bits per heavy atom. The molecule has 2 aliphatic rings. The third-order valence-corrected chi connectivity index (χ3v) is 6.72. The molecular formula is C19H10BNS2. The van der Waals surface area contributed by atoms with Crippen molar-refractivity contribution in [3.63, 3.8) is 0 Å². The summed E-state index contributed by atoms with van der Waals surface area (Å²) in [6, 6.07) is 23.7. The zero-order chi connectivity index (χ0) is 15.4. The minimum atomic E-state index is 0.280. The predicted molar refractivity (Wildman–Crippen MR) is 96.9 cm³/mol. The molecule has 0 aliphatic carbocycles. The SMILES string of the molecule is N#Cc1cc2c3c(c1)Sc1ccccc1B3c1ccccc1S2. The van der Waals surface area contributed by atoms with E-state index in [0.29, 0.717) is 0 Å². The lowest BCUT2D eigenvalue weighted by atomic mass is 9.36. The van der Waals surface area contributed by atoms with Gasteiger partial charge in [0.2, 0.25) is 6.71 Å². The standard InChI is InChI=1S/C19H10BNS2/c21-11-12-9-17-19-18(10-12)23-16-8-4-2-6-14(16)20(19)13-5-1-3-7-15(13)22-17/h1-10H. The van der Waals surface area contributed by atoms with E-state index in [1.165, 1.54) is 36.0 Å². The summed E-state index contributed by atoms with van der Waals surface area (Å²) in [6.45, 7) is 0.280. The highest BCUT2D eigenvalue weighted by Gasteiger charge is 2.37. The van der Waals surface area contributed by atoms with Gasteiger partial charge in [0.1, 0.15) is 0 Å². The molecule has 0 radical (unpaired) electrons. The maximum atomic E-state index is 9.37. The van der Waals surface area contributed by atoms with Crippen molar-refractivity contribution in [3.8, 4) is 6.07 Å².